The maximum absolute atomic E-state index is 13.5. The van der Waals surface area contributed by atoms with E-state index in [1.54, 1.807) is 21.6 Å². The molecule has 5 aromatic rings. The molecule has 3 aliphatic heterocycles. The van der Waals surface area contributed by atoms with Crippen LogP contribution in [0.1, 0.15) is 73.8 Å². The third-order valence-electron chi connectivity index (χ3n) is 13.1. The molecule has 3 fully saturated rings. The normalized spacial score (nSPS) is 21.6. The first kappa shape index (κ1) is 39.7. The number of piperazine rings is 1. The number of hydrogen-bond donors (Lipinski definition) is 3. The van der Waals surface area contributed by atoms with E-state index in [0.717, 1.165) is 75.6 Å². The van der Waals surface area contributed by atoms with Crippen LogP contribution in [-0.2, 0) is 34.7 Å². The molecule has 1 unspecified atom stereocenters. The van der Waals surface area contributed by atoms with Crippen LogP contribution in [0.3, 0.4) is 0 Å². The van der Waals surface area contributed by atoms with E-state index >= 15 is 0 Å². The number of nitrogens with zero attached hydrogens (tertiary/aromatic N) is 8. The van der Waals surface area contributed by atoms with Gasteiger partial charge in [-0.1, -0.05) is 43.3 Å². The highest BCUT2D eigenvalue weighted by Gasteiger charge is 2.37. The van der Waals surface area contributed by atoms with Crippen molar-refractivity contribution in [1.82, 2.24) is 39.4 Å². The van der Waals surface area contributed by atoms with Gasteiger partial charge < -0.3 is 15.3 Å². The van der Waals surface area contributed by atoms with Gasteiger partial charge in [-0.2, -0.15) is 4.98 Å². The fourth-order valence-electron chi connectivity index (χ4n) is 9.50. The Morgan fingerprint density at radius 2 is 1.67 bits per heavy atom. The number of rotatable bonds is 12. The van der Waals surface area contributed by atoms with E-state index in [1.807, 2.05) is 31.2 Å². The van der Waals surface area contributed by atoms with Gasteiger partial charge in [0.25, 0.3) is 5.56 Å². The molecule has 60 heavy (non-hydrogen) atoms. The molecular weight excluding hydrogens is 757 g/mol. The number of amides is 2. The number of hydrogen-bond acceptors (Lipinski definition) is 11. The van der Waals surface area contributed by atoms with Gasteiger partial charge in [-0.3, -0.25) is 29.5 Å². The highest BCUT2D eigenvalue weighted by atomic mass is 16.3. The zero-order chi connectivity index (χ0) is 41.4. The Balaban J connectivity index is 0.775. The van der Waals surface area contributed by atoms with Crippen molar-refractivity contribution in [2.75, 3.05) is 56.0 Å². The highest BCUT2D eigenvalue weighted by Crippen LogP contribution is 2.38. The van der Waals surface area contributed by atoms with Gasteiger partial charge in [-0.25, -0.2) is 19.3 Å². The Hall–Kier alpha value is -5.70. The Bertz CT molecular complexity index is 2450. The van der Waals surface area contributed by atoms with Crippen LogP contribution in [0, 0.1) is 5.92 Å². The predicted molar refractivity (Wildman–Crippen MR) is 232 cm³/mol. The number of aromatic nitrogens is 5. The summed E-state index contributed by atoms with van der Waals surface area (Å²) < 4.78 is 3.27. The fourth-order valence-corrected chi connectivity index (χ4v) is 9.50. The number of piperidine rings is 2. The van der Waals surface area contributed by atoms with E-state index in [-0.39, 0.29) is 29.8 Å². The minimum absolute atomic E-state index is 0.177. The molecule has 1 aliphatic carbocycles. The zero-order valence-electron chi connectivity index (χ0n) is 34.4. The average molecular weight is 811 g/mol. The number of imide groups is 1. The SMILES string of the molecule is C=CCn1c(=O)c2cnc(Nc3ccc(N4CCN(CC5CCN(Cc6ccc(C7CCC(=O)NC7=O)cc6)CC5)CC4)cc3)nc2n1-c1ccc2c(n1)[C@@](O)(CC)CC2. The number of likely N-dealkylation sites (tertiary alicyclic amines) is 1. The van der Waals surface area contributed by atoms with Crippen molar-refractivity contribution in [3.63, 3.8) is 0 Å². The number of fused-ring (bicyclic) bond motifs is 2. The third-order valence-corrected chi connectivity index (χ3v) is 13.1. The van der Waals surface area contributed by atoms with Crippen LogP contribution >= 0.6 is 0 Å². The molecule has 312 valence electrons. The van der Waals surface area contributed by atoms with Crippen molar-refractivity contribution in [3.05, 3.63) is 112 Å². The number of aryl methyl sites for hydroxylation is 1. The number of anilines is 3. The lowest BCUT2D eigenvalue weighted by Crippen LogP contribution is -2.48. The maximum atomic E-state index is 13.5. The smallest absolute Gasteiger partial charge is 0.278 e. The highest BCUT2D eigenvalue weighted by molar-refractivity contribution is 6.00. The van der Waals surface area contributed by atoms with Crippen molar-refractivity contribution in [3.8, 4) is 5.82 Å². The van der Waals surface area contributed by atoms with Gasteiger partial charge in [0.2, 0.25) is 17.8 Å². The quantitative estimate of drug-likeness (QED) is 0.115. The first-order valence-electron chi connectivity index (χ1n) is 21.5. The number of carbonyl (C=O) groups excluding carboxylic acids is 2. The van der Waals surface area contributed by atoms with Crippen LogP contribution in [-0.4, -0.2) is 96.8 Å². The van der Waals surface area contributed by atoms with Gasteiger partial charge >= 0.3 is 0 Å². The number of aliphatic hydroxyl groups is 1. The van der Waals surface area contributed by atoms with Gasteiger partial charge in [0.15, 0.2) is 11.5 Å². The van der Waals surface area contributed by atoms with E-state index in [0.29, 0.717) is 60.1 Å². The lowest BCUT2D eigenvalue weighted by atomic mass is 9.90. The lowest BCUT2D eigenvalue weighted by Gasteiger charge is -2.39. The molecule has 3 saturated heterocycles. The molecular formula is C46H54N10O4. The lowest BCUT2D eigenvalue weighted by molar-refractivity contribution is -0.134. The van der Waals surface area contributed by atoms with E-state index in [9.17, 15) is 19.5 Å². The summed E-state index contributed by atoms with van der Waals surface area (Å²) in [5.41, 5.74) is 5.18. The summed E-state index contributed by atoms with van der Waals surface area (Å²) in [7, 11) is 0. The predicted octanol–water partition coefficient (Wildman–Crippen LogP) is 5.01. The molecule has 2 atom stereocenters. The van der Waals surface area contributed by atoms with Crippen LogP contribution < -0.4 is 21.1 Å². The second kappa shape index (κ2) is 16.7. The molecule has 3 aromatic heterocycles. The average Bonchev–Trinajstić information content (AvgIpc) is 3.74. The third kappa shape index (κ3) is 7.98. The van der Waals surface area contributed by atoms with Gasteiger partial charge in [0, 0.05) is 63.3 Å². The molecule has 0 bridgehead atoms. The monoisotopic (exact) mass is 810 g/mol. The first-order valence-corrected chi connectivity index (χ1v) is 21.5. The summed E-state index contributed by atoms with van der Waals surface area (Å²) >= 11 is 0. The molecule has 3 N–H and O–H groups in total. The molecule has 0 saturated carbocycles. The summed E-state index contributed by atoms with van der Waals surface area (Å²) in [5, 5.41) is 17.4. The number of benzene rings is 2. The van der Waals surface area contributed by atoms with Crippen LogP contribution in [0.2, 0.25) is 0 Å². The van der Waals surface area contributed by atoms with Crippen LogP contribution in [0.4, 0.5) is 17.3 Å². The Morgan fingerprint density at radius 1 is 0.900 bits per heavy atom. The van der Waals surface area contributed by atoms with Gasteiger partial charge in [-0.15, -0.1) is 6.58 Å². The van der Waals surface area contributed by atoms with Crippen LogP contribution in [0.25, 0.3) is 16.9 Å². The standard InChI is InChI=1S/C46H54N10O4/c1-3-21-55-44(59)38-28-47-45(51-42(38)56(55)39-15-9-34-17-20-46(60,4-2)41(34)49-39)48-35-10-12-36(13-11-35)54-26-24-53(25-27-54)30-32-18-22-52(23-19-32)29-31-5-7-33(8-6-31)37-14-16-40(57)50-43(37)58/h3,5-13,15,28,32,37,60H,1,4,14,16-27,29-30H2,2H3,(H,47,48,51)(H,50,57,58)/t37?,46-/m1/s1. The van der Waals surface area contributed by atoms with Crippen molar-refractivity contribution in [2.24, 2.45) is 5.92 Å². The number of allylic oxidation sites excluding steroid dienone is 1. The number of pyridine rings is 1. The topological polar surface area (TPSA) is 154 Å². The molecule has 0 radical (unpaired) electrons. The summed E-state index contributed by atoms with van der Waals surface area (Å²) in [6, 6.07) is 20.6. The number of nitrogens with one attached hydrogen (secondary N) is 2. The van der Waals surface area contributed by atoms with Crippen molar-refractivity contribution in [1.29, 1.82) is 0 Å². The Labute approximate surface area is 349 Å². The fraction of sp³-hybridized carbons (Fsp3) is 0.435. The Morgan fingerprint density at radius 3 is 2.38 bits per heavy atom. The Kier molecular flexibility index (Phi) is 11.1. The summed E-state index contributed by atoms with van der Waals surface area (Å²) in [6.07, 6.45) is 8.57. The van der Waals surface area contributed by atoms with Crippen molar-refractivity contribution >= 4 is 40.2 Å². The zero-order valence-corrected chi connectivity index (χ0v) is 34.4. The van der Waals surface area contributed by atoms with Crippen molar-refractivity contribution < 1.29 is 14.7 Å². The molecule has 9 rings (SSSR count). The van der Waals surface area contributed by atoms with Gasteiger partial charge in [0.05, 0.1) is 18.2 Å². The van der Waals surface area contributed by atoms with Crippen molar-refractivity contribution in [2.45, 2.75) is 76.5 Å². The van der Waals surface area contributed by atoms with E-state index in [4.69, 9.17) is 9.97 Å². The second-order valence-electron chi connectivity index (χ2n) is 16.9. The minimum Gasteiger partial charge on any atom is -0.384 e. The molecule has 14 nitrogen and oxygen atoms in total. The largest absolute Gasteiger partial charge is 0.384 e. The summed E-state index contributed by atoms with van der Waals surface area (Å²) in [4.78, 5) is 59.2. The van der Waals surface area contributed by atoms with Crippen LogP contribution in [0.15, 0.2) is 84.3 Å². The number of carbonyl (C=O) groups is 2. The van der Waals surface area contributed by atoms with E-state index in [2.05, 4.69) is 73.3 Å². The molecule has 2 aromatic carbocycles. The second-order valence-corrected chi connectivity index (χ2v) is 16.9. The molecule has 4 aliphatic rings. The van der Waals surface area contributed by atoms with E-state index in [1.165, 1.54) is 24.1 Å². The first-order chi connectivity index (χ1) is 29.2. The van der Waals surface area contributed by atoms with Gasteiger partial charge in [-0.05, 0) is 105 Å². The minimum atomic E-state index is -0.986. The van der Waals surface area contributed by atoms with Gasteiger partial charge in [0.1, 0.15) is 11.0 Å². The molecule has 2 amide bonds. The van der Waals surface area contributed by atoms with E-state index < -0.39 is 5.60 Å². The molecule has 0 spiro atoms. The summed E-state index contributed by atoms with van der Waals surface area (Å²) in [5.74, 6) is 0.989. The molecule has 6 heterocycles. The molecule has 14 heteroatoms. The summed E-state index contributed by atoms with van der Waals surface area (Å²) in [6.45, 7) is 14.4. The van der Waals surface area contributed by atoms with Crippen LogP contribution in [0.5, 0.6) is 0 Å². The maximum Gasteiger partial charge on any atom is 0.278 e.